The van der Waals surface area contributed by atoms with Crippen LogP contribution in [-0.4, -0.2) is 47.6 Å². The van der Waals surface area contributed by atoms with Gasteiger partial charge in [-0.2, -0.15) is 11.8 Å². The Morgan fingerprint density at radius 1 is 1.22 bits per heavy atom. The average molecular weight is 270 g/mol. The summed E-state index contributed by atoms with van der Waals surface area (Å²) in [5, 5.41) is 4.89. The molecule has 2 aliphatic rings. The SMILES string of the molecule is CCS[C@@H]1CC[C@H](N[C@H]2CCN(CC)C[C@H]2C)C1. The van der Waals surface area contributed by atoms with Gasteiger partial charge in [-0.1, -0.05) is 20.8 Å². The molecule has 0 bridgehead atoms. The number of nitrogens with zero attached hydrogens (tertiary/aromatic N) is 1. The summed E-state index contributed by atoms with van der Waals surface area (Å²) in [7, 11) is 0. The Morgan fingerprint density at radius 2 is 2.06 bits per heavy atom. The predicted molar refractivity (Wildman–Crippen MR) is 82.4 cm³/mol. The monoisotopic (exact) mass is 270 g/mol. The molecule has 18 heavy (non-hydrogen) atoms. The lowest BCUT2D eigenvalue weighted by Gasteiger charge is -2.38. The van der Waals surface area contributed by atoms with Gasteiger partial charge in [-0.05, 0) is 50.4 Å². The van der Waals surface area contributed by atoms with E-state index in [1.165, 1.54) is 51.1 Å². The molecule has 1 aliphatic carbocycles. The number of nitrogens with one attached hydrogen (secondary N) is 1. The first-order valence-corrected chi connectivity index (χ1v) is 8.87. The Bertz CT molecular complexity index is 247. The molecule has 2 fully saturated rings. The molecule has 1 aliphatic heterocycles. The van der Waals surface area contributed by atoms with E-state index in [2.05, 4.69) is 42.7 Å². The minimum atomic E-state index is 0.767. The molecule has 0 aromatic heterocycles. The van der Waals surface area contributed by atoms with Gasteiger partial charge in [-0.15, -0.1) is 0 Å². The minimum Gasteiger partial charge on any atom is -0.311 e. The second kappa shape index (κ2) is 7.16. The van der Waals surface area contributed by atoms with Crippen LogP contribution in [0.2, 0.25) is 0 Å². The molecule has 2 nitrogen and oxygen atoms in total. The summed E-state index contributed by atoms with van der Waals surface area (Å²) in [6.45, 7) is 10.8. The van der Waals surface area contributed by atoms with Crippen molar-refractivity contribution in [2.45, 2.75) is 63.8 Å². The van der Waals surface area contributed by atoms with Gasteiger partial charge < -0.3 is 10.2 Å². The molecule has 0 amide bonds. The fourth-order valence-corrected chi connectivity index (χ4v) is 4.69. The van der Waals surface area contributed by atoms with Crippen molar-refractivity contribution < 1.29 is 0 Å². The molecule has 106 valence electrons. The van der Waals surface area contributed by atoms with Gasteiger partial charge in [0.15, 0.2) is 0 Å². The Kier molecular flexibility index (Phi) is 5.84. The maximum Gasteiger partial charge on any atom is 0.0120 e. The van der Waals surface area contributed by atoms with E-state index in [-0.39, 0.29) is 0 Å². The van der Waals surface area contributed by atoms with Crippen molar-refractivity contribution in [3.05, 3.63) is 0 Å². The quantitative estimate of drug-likeness (QED) is 0.827. The summed E-state index contributed by atoms with van der Waals surface area (Å²) in [6.07, 6.45) is 5.58. The third kappa shape index (κ3) is 3.88. The number of likely N-dealkylation sites (tertiary alicyclic amines) is 1. The van der Waals surface area contributed by atoms with Crippen LogP contribution in [0.5, 0.6) is 0 Å². The molecular formula is C15H30N2S. The van der Waals surface area contributed by atoms with Crippen LogP contribution in [0, 0.1) is 5.92 Å². The van der Waals surface area contributed by atoms with E-state index in [4.69, 9.17) is 0 Å². The van der Waals surface area contributed by atoms with Crippen LogP contribution in [0.4, 0.5) is 0 Å². The summed E-state index contributed by atoms with van der Waals surface area (Å²) in [4.78, 5) is 2.59. The molecular weight excluding hydrogens is 240 g/mol. The first kappa shape index (κ1) is 14.7. The number of piperidine rings is 1. The van der Waals surface area contributed by atoms with E-state index in [0.29, 0.717) is 0 Å². The van der Waals surface area contributed by atoms with E-state index in [1.807, 2.05) is 0 Å². The zero-order chi connectivity index (χ0) is 13.0. The predicted octanol–water partition coefficient (Wildman–Crippen LogP) is 2.98. The van der Waals surface area contributed by atoms with Crippen LogP contribution < -0.4 is 5.32 Å². The van der Waals surface area contributed by atoms with Crippen LogP contribution in [0.3, 0.4) is 0 Å². The summed E-state index contributed by atoms with van der Waals surface area (Å²) in [5.41, 5.74) is 0. The molecule has 0 unspecified atom stereocenters. The number of hydrogen-bond acceptors (Lipinski definition) is 3. The van der Waals surface area contributed by atoms with Gasteiger partial charge in [0.25, 0.3) is 0 Å². The topological polar surface area (TPSA) is 15.3 Å². The number of thioether (sulfide) groups is 1. The van der Waals surface area contributed by atoms with Crippen molar-refractivity contribution in [2.24, 2.45) is 5.92 Å². The zero-order valence-corrected chi connectivity index (χ0v) is 13.1. The number of rotatable bonds is 5. The number of hydrogen-bond donors (Lipinski definition) is 1. The van der Waals surface area contributed by atoms with Crippen molar-refractivity contribution >= 4 is 11.8 Å². The second-order valence-corrected chi connectivity index (χ2v) is 7.60. The molecule has 4 atom stereocenters. The van der Waals surface area contributed by atoms with Crippen molar-refractivity contribution in [3.63, 3.8) is 0 Å². The molecule has 3 heteroatoms. The molecule has 0 aromatic carbocycles. The average Bonchev–Trinajstić information content (AvgIpc) is 2.80. The van der Waals surface area contributed by atoms with Crippen LogP contribution >= 0.6 is 11.8 Å². The molecule has 2 rings (SSSR count). The summed E-state index contributed by atoms with van der Waals surface area (Å²) < 4.78 is 0. The Hall–Kier alpha value is 0.270. The summed E-state index contributed by atoms with van der Waals surface area (Å²) >= 11 is 2.16. The summed E-state index contributed by atoms with van der Waals surface area (Å²) in [5.74, 6) is 2.10. The van der Waals surface area contributed by atoms with Crippen molar-refractivity contribution in [1.82, 2.24) is 10.2 Å². The van der Waals surface area contributed by atoms with Crippen LogP contribution in [0.25, 0.3) is 0 Å². The normalized spacial score (nSPS) is 38.2. The van der Waals surface area contributed by atoms with Gasteiger partial charge in [0.2, 0.25) is 0 Å². The first-order valence-electron chi connectivity index (χ1n) is 7.82. The lowest BCUT2D eigenvalue weighted by Crippen LogP contribution is -2.50. The summed E-state index contributed by atoms with van der Waals surface area (Å²) in [6, 6.07) is 1.57. The third-order valence-corrected chi connectivity index (χ3v) is 5.91. The Morgan fingerprint density at radius 3 is 2.72 bits per heavy atom. The van der Waals surface area contributed by atoms with Crippen molar-refractivity contribution in [2.75, 3.05) is 25.4 Å². The van der Waals surface area contributed by atoms with E-state index in [0.717, 1.165) is 23.3 Å². The second-order valence-electron chi connectivity index (χ2n) is 6.02. The van der Waals surface area contributed by atoms with Crippen LogP contribution in [0.15, 0.2) is 0 Å². The lowest BCUT2D eigenvalue weighted by molar-refractivity contribution is 0.146. The van der Waals surface area contributed by atoms with E-state index >= 15 is 0 Å². The Labute approximate surface area is 117 Å². The van der Waals surface area contributed by atoms with Gasteiger partial charge in [0.1, 0.15) is 0 Å². The molecule has 0 radical (unpaired) electrons. The van der Waals surface area contributed by atoms with Gasteiger partial charge in [-0.3, -0.25) is 0 Å². The van der Waals surface area contributed by atoms with Gasteiger partial charge >= 0.3 is 0 Å². The molecule has 1 saturated carbocycles. The highest BCUT2D eigenvalue weighted by Crippen LogP contribution is 2.31. The van der Waals surface area contributed by atoms with Crippen molar-refractivity contribution in [1.29, 1.82) is 0 Å². The zero-order valence-electron chi connectivity index (χ0n) is 12.3. The largest absolute Gasteiger partial charge is 0.311 e. The van der Waals surface area contributed by atoms with Gasteiger partial charge in [0, 0.05) is 23.9 Å². The maximum atomic E-state index is 3.96. The highest BCUT2D eigenvalue weighted by atomic mass is 32.2. The van der Waals surface area contributed by atoms with E-state index in [9.17, 15) is 0 Å². The highest BCUT2D eigenvalue weighted by molar-refractivity contribution is 7.99. The third-order valence-electron chi connectivity index (χ3n) is 4.67. The molecule has 1 saturated heterocycles. The molecule has 1 N–H and O–H groups in total. The smallest absolute Gasteiger partial charge is 0.0120 e. The molecule has 1 heterocycles. The molecule has 0 aromatic rings. The van der Waals surface area contributed by atoms with E-state index in [1.54, 1.807) is 0 Å². The lowest BCUT2D eigenvalue weighted by atomic mass is 9.93. The minimum absolute atomic E-state index is 0.767. The first-order chi connectivity index (χ1) is 8.72. The fraction of sp³-hybridized carbons (Fsp3) is 1.00. The van der Waals surface area contributed by atoms with Crippen molar-refractivity contribution in [3.8, 4) is 0 Å². The molecule has 0 spiro atoms. The van der Waals surface area contributed by atoms with E-state index < -0.39 is 0 Å². The van der Waals surface area contributed by atoms with Gasteiger partial charge in [0.05, 0.1) is 0 Å². The van der Waals surface area contributed by atoms with Gasteiger partial charge in [-0.25, -0.2) is 0 Å². The van der Waals surface area contributed by atoms with Crippen LogP contribution in [0.1, 0.15) is 46.5 Å². The highest BCUT2D eigenvalue weighted by Gasteiger charge is 2.30. The van der Waals surface area contributed by atoms with Crippen LogP contribution in [-0.2, 0) is 0 Å². The maximum absolute atomic E-state index is 3.96. The fourth-order valence-electron chi connectivity index (χ4n) is 3.55. The standard InChI is InChI=1S/C15H30N2S/c1-4-17-9-8-15(12(3)11-17)16-13-6-7-14(10-13)18-5-2/h12-16H,4-11H2,1-3H3/t12-,13+,14-,15+/m1/s1. The Balaban J connectivity index is 1.73.